The van der Waals surface area contributed by atoms with Crippen molar-refractivity contribution in [1.82, 2.24) is 4.98 Å². The average molecular weight is 288 g/mol. The van der Waals surface area contributed by atoms with Crippen molar-refractivity contribution in [2.45, 2.75) is 39.5 Å². The first-order chi connectivity index (χ1) is 6.97. The fraction of sp³-hybridized carbons (Fsp3) is 0.583. The molecule has 0 N–H and O–H groups in total. The molecule has 0 saturated heterocycles. The second-order valence-corrected chi connectivity index (χ2v) is 6.04. The third kappa shape index (κ3) is 3.72. The molecule has 0 saturated carbocycles. The van der Waals surface area contributed by atoms with E-state index in [1.54, 1.807) is 11.3 Å². The number of hydrogen-bond donors (Lipinski definition) is 0. The first-order valence-electron chi connectivity index (χ1n) is 5.18. The number of thiazole rings is 1. The Kier molecular flexibility index (Phi) is 4.53. The zero-order valence-corrected chi connectivity index (χ0v) is 12.2. The highest BCUT2D eigenvalue weighted by molar-refractivity contribution is 9.09. The third-order valence-corrected chi connectivity index (χ3v) is 4.15. The van der Waals surface area contributed by atoms with Crippen LogP contribution in [0.1, 0.15) is 44.8 Å². The molecule has 1 nitrogen and oxygen atoms in total. The first kappa shape index (κ1) is 12.9. The predicted molar refractivity (Wildman–Crippen MR) is 72.9 cm³/mol. The van der Waals surface area contributed by atoms with Gasteiger partial charge in [-0.1, -0.05) is 49.2 Å². The summed E-state index contributed by atoms with van der Waals surface area (Å²) in [5.41, 5.74) is 2.65. The van der Waals surface area contributed by atoms with E-state index in [2.05, 4.69) is 60.1 Å². The highest BCUT2D eigenvalue weighted by Crippen LogP contribution is 2.26. The van der Waals surface area contributed by atoms with Crippen LogP contribution in [0.5, 0.6) is 0 Å². The van der Waals surface area contributed by atoms with Crippen molar-refractivity contribution in [1.29, 1.82) is 0 Å². The summed E-state index contributed by atoms with van der Waals surface area (Å²) in [7, 11) is 0. The number of nitrogens with zero attached hydrogens (tertiary/aromatic N) is 1. The lowest BCUT2D eigenvalue weighted by atomic mass is 9.98. The van der Waals surface area contributed by atoms with Gasteiger partial charge in [0.2, 0.25) is 0 Å². The van der Waals surface area contributed by atoms with Crippen molar-refractivity contribution >= 4 is 33.3 Å². The number of rotatable bonds is 3. The van der Waals surface area contributed by atoms with E-state index in [1.807, 2.05) is 0 Å². The molecule has 0 bridgehead atoms. The van der Waals surface area contributed by atoms with Gasteiger partial charge in [0.05, 0.1) is 10.7 Å². The maximum atomic E-state index is 4.64. The van der Waals surface area contributed by atoms with Gasteiger partial charge in [-0.25, -0.2) is 4.98 Å². The first-order valence-corrected chi connectivity index (χ1v) is 7.19. The molecule has 0 spiro atoms. The van der Waals surface area contributed by atoms with Crippen LogP contribution < -0.4 is 0 Å². The molecule has 84 valence electrons. The SMILES string of the molecule is CCC(=Cc1csc(C(C)(C)C)n1)CBr. The van der Waals surface area contributed by atoms with Crippen molar-refractivity contribution in [3.8, 4) is 0 Å². The van der Waals surface area contributed by atoms with Gasteiger partial charge in [0.25, 0.3) is 0 Å². The molecule has 0 aliphatic carbocycles. The molecule has 0 aliphatic rings. The van der Waals surface area contributed by atoms with Gasteiger partial charge in [0.1, 0.15) is 0 Å². The van der Waals surface area contributed by atoms with Crippen LogP contribution in [0, 0.1) is 0 Å². The van der Waals surface area contributed by atoms with Gasteiger partial charge in [-0.3, -0.25) is 0 Å². The van der Waals surface area contributed by atoms with Crippen molar-refractivity contribution in [2.75, 3.05) is 5.33 Å². The average Bonchev–Trinajstić information content (AvgIpc) is 2.61. The Morgan fingerprint density at radius 3 is 2.60 bits per heavy atom. The minimum Gasteiger partial charge on any atom is -0.241 e. The molecule has 1 aromatic heterocycles. The Hall–Kier alpha value is -0.150. The number of allylic oxidation sites excluding steroid dienone is 1. The van der Waals surface area contributed by atoms with Gasteiger partial charge in [0.15, 0.2) is 0 Å². The van der Waals surface area contributed by atoms with Crippen molar-refractivity contribution in [3.63, 3.8) is 0 Å². The fourth-order valence-electron chi connectivity index (χ4n) is 1.14. The Balaban J connectivity index is 2.90. The van der Waals surface area contributed by atoms with E-state index in [9.17, 15) is 0 Å². The monoisotopic (exact) mass is 287 g/mol. The minimum absolute atomic E-state index is 0.164. The number of aromatic nitrogens is 1. The summed E-state index contributed by atoms with van der Waals surface area (Å²) >= 11 is 5.24. The molecule has 0 atom stereocenters. The van der Waals surface area contributed by atoms with Crippen LogP contribution in [0.4, 0.5) is 0 Å². The van der Waals surface area contributed by atoms with Crippen LogP contribution in [-0.4, -0.2) is 10.3 Å². The molecular formula is C12H18BrNS. The number of hydrogen-bond acceptors (Lipinski definition) is 2. The Bertz CT molecular complexity index is 341. The summed E-state index contributed by atoms with van der Waals surface area (Å²) in [5.74, 6) is 0. The lowest BCUT2D eigenvalue weighted by molar-refractivity contribution is 0.585. The largest absolute Gasteiger partial charge is 0.241 e. The maximum Gasteiger partial charge on any atom is 0.0985 e. The second kappa shape index (κ2) is 5.26. The fourth-order valence-corrected chi connectivity index (χ4v) is 2.56. The van der Waals surface area contributed by atoms with Crippen molar-refractivity contribution in [2.24, 2.45) is 0 Å². The highest BCUT2D eigenvalue weighted by Gasteiger charge is 2.17. The van der Waals surface area contributed by atoms with E-state index in [0.717, 1.165) is 17.4 Å². The van der Waals surface area contributed by atoms with Gasteiger partial charge < -0.3 is 0 Å². The molecular weight excluding hydrogens is 270 g/mol. The summed E-state index contributed by atoms with van der Waals surface area (Å²) in [6.07, 6.45) is 3.26. The van der Waals surface area contributed by atoms with Gasteiger partial charge in [-0.05, 0) is 12.5 Å². The highest BCUT2D eigenvalue weighted by atomic mass is 79.9. The molecule has 3 heteroatoms. The van der Waals surface area contributed by atoms with Crippen molar-refractivity contribution < 1.29 is 0 Å². The van der Waals surface area contributed by atoms with Crippen LogP contribution in [0.3, 0.4) is 0 Å². The van der Waals surface area contributed by atoms with E-state index in [4.69, 9.17) is 0 Å². The molecule has 0 unspecified atom stereocenters. The number of alkyl halides is 1. The summed E-state index contributed by atoms with van der Waals surface area (Å²) < 4.78 is 0. The molecule has 0 aromatic carbocycles. The summed E-state index contributed by atoms with van der Waals surface area (Å²) in [5, 5.41) is 4.28. The van der Waals surface area contributed by atoms with E-state index >= 15 is 0 Å². The van der Waals surface area contributed by atoms with Gasteiger partial charge in [0, 0.05) is 16.1 Å². The lowest BCUT2D eigenvalue weighted by Crippen LogP contribution is -2.10. The minimum atomic E-state index is 0.164. The van der Waals surface area contributed by atoms with E-state index in [0.29, 0.717) is 0 Å². The smallest absolute Gasteiger partial charge is 0.0985 e. The maximum absolute atomic E-state index is 4.64. The van der Waals surface area contributed by atoms with E-state index in [-0.39, 0.29) is 5.41 Å². The molecule has 1 aromatic rings. The Morgan fingerprint density at radius 2 is 2.20 bits per heavy atom. The summed E-state index contributed by atoms with van der Waals surface area (Å²) in [6, 6.07) is 0. The van der Waals surface area contributed by atoms with Crippen molar-refractivity contribution in [3.05, 3.63) is 21.7 Å². The van der Waals surface area contributed by atoms with Gasteiger partial charge >= 0.3 is 0 Å². The van der Waals surface area contributed by atoms with Gasteiger partial charge in [-0.2, -0.15) is 0 Å². The Morgan fingerprint density at radius 1 is 1.53 bits per heavy atom. The standard InChI is InChI=1S/C12H18BrNS/c1-5-9(7-13)6-10-8-15-11(14-10)12(2,3)4/h6,8H,5,7H2,1-4H3. The normalized spacial score (nSPS) is 13.3. The van der Waals surface area contributed by atoms with E-state index < -0.39 is 0 Å². The van der Waals surface area contributed by atoms with Crippen LogP contribution in [0.25, 0.3) is 6.08 Å². The molecule has 1 heterocycles. The molecule has 15 heavy (non-hydrogen) atoms. The summed E-state index contributed by atoms with van der Waals surface area (Å²) in [6.45, 7) is 8.77. The van der Waals surface area contributed by atoms with Crippen LogP contribution in [-0.2, 0) is 5.41 Å². The molecule has 1 rings (SSSR count). The Labute approximate surface area is 105 Å². The second-order valence-electron chi connectivity index (χ2n) is 4.62. The topological polar surface area (TPSA) is 12.9 Å². The zero-order chi connectivity index (χ0) is 11.5. The van der Waals surface area contributed by atoms with Crippen LogP contribution in [0.2, 0.25) is 0 Å². The lowest BCUT2D eigenvalue weighted by Gasteiger charge is -2.13. The van der Waals surface area contributed by atoms with Crippen LogP contribution in [0.15, 0.2) is 11.0 Å². The molecule has 0 radical (unpaired) electrons. The molecule has 0 fully saturated rings. The third-order valence-electron chi connectivity index (χ3n) is 2.14. The summed E-state index contributed by atoms with van der Waals surface area (Å²) in [4.78, 5) is 4.64. The molecule has 0 amide bonds. The molecule has 0 aliphatic heterocycles. The number of halogens is 1. The predicted octanol–water partition coefficient (Wildman–Crippen LogP) is 4.63. The quantitative estimate of drug-likeness (QED) is 0.739. The van der Waals surface area contributed by atoms with Gasteiger partial charge in [-0.15, -0.1) is 11.3 Å². The zero-order valence-electron chi connectivity index (χ0n) is 9.80. The van der Waals surface area contributed by atoms with Crippen LogP contribution >= 0.6 is 27.3 Å². The van der Waals surface area contributed by atoms with E-state index in [1.165, 1.54) is 10.6 Å².